The Morgan fingerprint density at radius 1 is 1.29 bits per heavy atom. The van der Waals surface area contributed by atoms with E-state index in [0.29, 0.717) is 12.0 Å². The van der Waals surface area contributed by atoms with Gasteiger partial charge >= 0.3 is 0 Å². The summed E-state index contributed by atoms with van der Waals surface area (Å²) in [4.78, 5) is 15.1. The second-order valence-corrected chi connectivity index (χ2v) is 10.4. The number of allylic oxidation sites excluding steroid dienone is 3. The van der Waals surface area contributed by atoms with Crippen molar-refractivity contribution in [2.24, 2.45) is 5.92 Å². The lowest BCUT2D eigenvalue weighted by atomic mass is 9.88. The molecule has 34 heavy (non-hydrogen) atoms. The van der Waals surface area contributed by atoms with Crippen LogP contribution in [0.15, 0.2) is 36.4 Å². The number of hydrogen-bond acceptors (Lipinski definition) is 5. The summed E-state index contributed by atoms with van der Waals surface area (Å²) in [7, 11) is 0. The summed E-state index contributed by atoms with van der Waals surface area (Å²) in [5.74, 6) is 1.48. The van der Waals surface area contributed by atoms with Gasteiger partial charge in [0.15, 0.2) is 0 Å². The highest BCUT2D eigenvalue weighted by Crippen LogP contribution is 2.30. The first-order chi connectivity index (χ1) is 16.3. The highest BCUT2D eigenvalue weighted by molar-refractivity contribution is 5.90. The van der Waals surface area contributed by atoms with Gasteiger partial charge in [-0.05, 0) is 83.3 Å². The molecule has 0 aromatic carbocycles. The van der Waals surface area contributed by atoms with Crippen LogP contribution in [-0.2, 0) is 6.42 Å². The van der Waals surface area contributed by atoms with Gasteiger partial charge in [0.2, 0.25) is 0 Å². The molecule has 1 saturated heterocycles. The van der Waals surface area contributed by atoms with Crippen molar-refractivity contribution in [1.82, 2.24) is 19.9 Å². The average Bonchev–Trinajstić information content (AvgIpc) is 3.07. The van der Waals surface area contributed by atoms with Crippen LogP contribution in [0.1, 0.15) is 85.1 Å². The van der Waals surface area contributed by atoms with Crippen LogP contribution in [0.5, 0.6) is 0 Å². The number of rotatable bonds is 11. The number of aromatic amines is 1. The summed E-state index contributed by atoms with van der Waals surface area (Å²) in [5, 5.41) is 15.1. The molecule has 0 unspecified atom stereocenters. The number of H-pyrrole nitrogens is 1. The van der Waals surface area contributed by atoms with Crippen LogP contribution in [0, 0.1) is 5.92 Å². The van der Waals surface area contributed by atoms with E-state index in [1.165, 1.54) is 17.7 Å². The summed E-state index contributed by atoms with van der Waals surface area (Å²) in [6, 6.07) is 0.400. The molecule has 0 spiro atoms. The lowest BCUT2D eigenvalue weighted by molar-refractivity contribution is 0.0633. The van der Waals surface area contributed by atoms with E-state index in [1.807, 2.05) is 13.8 Å². The van der Waals surface area contributed by atoms with E-state index in [9.17, 15) is 5.11 Å². The highest BCUT2D eigenvalue weighted by atomic mass is 16.3. The van der Waals surface area contributed by atoms with Crippen molar-refractivity contribution in [3.63, 3.8) is 0 Å². The van der Waals surface area contributed by atoms with Crippen LogP contribution < -0.4 is 5.32 Å². The van der Waals surface area contributed by atoms with E-state index in [0.717, 1.165) is 74.9 Å². The van der Waals surface area contributed by atoms with Crippen molar-refractivity contribution in [2.75, 3.05) is 18.4 Å². The first kappa shape index (κ1) is 26.3. The number of hydrogen-bond donors (Lipinski definition) is 3. The Morgan fingerprint density at radius 3 is 2.82 bits per heavy atom. The first-order valence-electron chi connectivity index (χ1n) is 13.2. The number of nitrogens with one attached hydrogen (secondary N) is 2. The predicted molar refractivity (Wildman–Crippen MR) is 143 cm³/mol. The lowest BCUT2D eigenvalue weighted by Crippen LogP contribution is -2.25. The maximum absolute atomic E-state index is 10.2. The molecule has 0 radical (unpaired) electrons. The van der Waals surface area contributed by atoms with Crippen LogP contribution in [0.2, 0.25) is 0 Å². The van der Waals surface area contributed by atoms with Crippen molar-refractivity contribution in [3.05, 3.63) is 42.0 Å². The van der Waals surface area contributed by atoms with E-state index < -0.39 is 5.60 Å². The minimum atomic E-state index is -0.615. The van der Waals surface area contributed by atoms with Gasteiger partial charge < -0.3 is 20.3 Å². The van der Waals surface area contributed by atoms with Gasteiger partial charge in [-0.1, -0.05) is 32.4 Å². The molecule has 2 aromatic rings. The number of aromatic nitrogens is 3. The van der Waals surface area contributed by atoms with Gasteiger partial charge in [-0.3, -0.25) is 0 Å². The van der Waals surface area contributed by atoms with Crippen molar-refractivity contribution in [1.29, 1.82) is 0 Å². The maximum atomic E-state index is 10.2. The minimum absolute atomic E-state index is 0.400. The van der Waals surface area contributed by atoms with Gasteiger partial charge in [-0.15, -0.1) is 0 Å². The fraction of sp³-hybridized carbons (Fsp3) is 0.643. The monoisotopic (exact) mass is 467 g/mol. The zero-order valence-electron chi connectivity index (χ0n) is 21.9. The van der Waals surface area contributed by atoms with Crippen LogP contribution in [0.4, 0.5) is 5.82 Å². The number of fused-ring (bicyclic) bond motifs is 1. The Hall–Kier alpha value is -2.34. The molecule has 188 valence electrons. The van der Waals surface area contributed by atoms with Gasteiger partial charge in [-0.25, -0.2) is 9.97 Å². The number of anilines is 1. The standard InChI is InChI=1S/C28H45N5O/c1-6-10-24(11-7-2)33-16-9-12-23(14-17-33)32-27-25-22(19-29-26(25)30-20-31-27)18-21(8-3)13-15-28(4,5)34/h6,10-11,19-21,23,34H,7-9,12-18H2,1-5H3,(H2,29,30,31,32)/b10-6+,24-11?/t21-,23-/m1/s1. The van der Waals surface area contributed by atoms with E-state index in [2.05, 4.69) is 70.4 Å². The van der Waals surface area contributed by atoms with Gasteiger partial charge in [0.1, 0.15) is 17.8 Å². The van der Waals surface area contributed by atoms with Crippen LogP contribution in [0.3, 0.4) is 0 Å². The molecule has 3 rings (SSSR count). The predicted octanol–water partition coefficient (Wildman–Crippen LogP) is 6.21. The smallest absolute Gasteiger partial charge is 0.143 e. The molecule has 1 aliphatic rings. The molecule has 0 saturated carbocycles. The van der Waals surface area contributed by atoms with Crippen molar-refractivity contribution in [3.8, 4) is 0 Å². The summed E-state index contributed by atoms with van der Waals surface area (Å²) in [6.07, 6.45) is 18.8. The number of likely N-dealkylation sites (tertiary alicyclic amines) is 1. The molecule has 6 nitrogen and oxygen atoms in total. The van der Waals surface area contributed by atoms with Crippen LogP contribution >= 0.6 is 0 Å². The second kappa shape index (κ2) is 12.4. The fourth-order valence-electron chi connectivity index (χ4n) is 4.99. The Labute approximate surface area is 206 Å². The van der Waals surface area contributed by atoms with Gasteiger partial charge in [-0.2, -0.15) is 0 Å². The quantitative estimate of drug-likeness (QED) is 0.342. The third kappa shape index (κ3) is 7.33. The molecular formula is C28H45N5O. The summed E-state index contributed by atoms with van der Waals surface area (Å²) < 4.78 is 0. The second-order valence-electron chi connectivity index (χ2n) is 10.4. The molecule has 3 heterocycles. The highest BCUT2D eigenvalue weighted by Gasteiger charge is 2.22. The molecule has 2 aromatic heterocycles. The topological polar surface area (TPSA) is 77.1 Å². The summed E-state index contributed by atoms with van der Waals surface area (Å²) in [6.45, 7) is 12.5. The van der Waals surface area contributed by atoms with E-state index >= 15 is 0 Å². The van der Waals surface area contributed by atoms with Crippen molar-refractivity contribution in [2.45, 2.75) is 97.6 Å². The fourth-order valence-corrected chi connectivity index (χ4v) is 4.99. The van der Waals surface area contributed by atoms with E-state index in [-0.39, 0.29) is 0 Å². The summed E-state index contributed by atoms with van der Waals surface area (Å²) >= 11 is 0. The van der Waals surface area contributed by atoms with Crippen molar-refractivity contribution < 1.29 is 5.11 Å². The Bertz CT molecular complexity index is 955. The molecular weight excluding hydrogens is 422 g/mol. The normalized spacial score (nSPS) is 19.1. The zero-order chi connectivity index (χ0) is 24.6. The number of nitrogens with zero attached hydrogens (tertiary/aromatic N) is 3. The zero-order valence-corrected chi connectivity index (χ0v) is 21.9. The maximum Gasteiger partial charge on any atom is 0.143 e. The van der Waals surface area contributed by atoms with Gasteiger partial charge in [0, 0.05) is 31.0 Å². The van der Waals surface area contributed by atoms with Gasteiger partial charge in [0.25, 0.3) is 0 Å². The SMILES string of the molecule is C/C=C/C(=CCC)N1CCC[C@@H](Nc2ncnc3[nH]cc(C[C@H](CC)CCC(C)(C)O)c23)CC1. The minimum Gasteiger partial charge on any atom is -0.390 e. The molecule has 3 N–H and O–H groups in total. The molecule has 1 fully saturated rings. The number of aliphatic hydroxyl groups is 1. The third-order valence-corrected chi connectivity index (χ3v) is 6.99. The van der Waals surface area contributed by atoms with E-state index in [1.54, 1.807) is 6.33 Å². The van der Waals surface area contributed by atoms with Crippen LogP contribution in [-0.4, -0.2) is 49.7 Å². The lowest BCUT2D eigenvalue weighted by Gasteiger charge is -2.24. The van der Waals surface area contributed by atoms with Crippen molar-refractivity contribution >= 4 is 16.9 Å². The summed E-state index contributed by atoms with van der Waals surface area (Å²) in [5.41, 5.74) is 2.91. The largest absolute Gasteiger partial charge is 0.390 e. The molecule has 0 amide bonds. The molecule has 0 bridgehead atoms. The Morgan fingerprint density at radius 2 is 2.12 bits per heavy atom. The third-order valence-electron chi connectivity index (χ3n) is 6.99. The van der Waals surface area contributed by atoms with Crippen LogP contribution in [0.25, 0.3) is 11.0 Å². The Balaban J connectivity index is 1.73. The molecule has 0 aliphatic carbocycles. The molecule has 2 atom stereocenters. The molecule has 1 aliphatic heterocycles. The Kier molecular flexibility index (Phi) is 9.57. The first-order valence-corrected chi connectivity index (χ1v) is 13.2. The van der Waals surface area contributed by atoms with E-state index in [4.69, 9.17) is 0 Å². The average molecular weight is 468 g/mol. The van der Waals surface area contributed by atoms with Gasteiger partial charge in [0.05, 0.1) is 11.0 Å². The molecule has 6 heteroatoms.